The van der Waals surface area contributed by atoms with Crippen molar-refractivity contribution in [3.8, 4) is 0 Å². The molecule has 3 N–H and O–H groups in total. The molecule has 0 aromatic heterocycles. The largest absolute Gasteiger partial charge is 0.397 e. The van der Waals surface area contributed by atoms with Crippen molar-refractivity contribution in [2.45, 2.75) is 20.8 Å². The second-order valence-corrected chi connectivity index (χ2v) is 3.09. The average molecular weight is 179 g/mol. The predicted molar refractivity (Wildman–Crippen MR) is 58.1 cm³/mol. The van der Waals surface area contributed by atoms with Gasteiger partial charge in [-0.3, -0.25) is 4.99 Å². The Hall–Kier alpha value is -1.38. The van der Waals surface area contributed by atoms with Crippen LogP contribution in [0.25, 0.3) is 0 Å². The number of hydrogen-bond donors (Lipinski definition) is 2. The molecule has 0 amide bonds. The molecule has 3 nitrogen and oxygen atoms in total. The fourth-order valence-electron chi connectivity index (χ4n) is 0.796. The molecule has 0 aromatic carbocycles. The van der Waals surface area contributed by atoms with E-state index < -0.39 is 0 Å². The molecule has 0 saturated heterocycles. The number of nitrogens with zero attached hydrogens (tertiary/aromatic N) is 1. The van der Waals surface area contributed by atoms with Crippen LogP contribution in [-0.4, -0.2) is 11.9 Å². The molecular weight excluding hydrogens is 162 g/mol. The summed E-state index contributed by atoms with van der Waals surface area (Å²) in [6.07, 6.45) is 2.53. The van der Waals surface area contributed by atoms with Gasteiger partial charge >= 0.3 is 0 Å². The third-order valence-corrected chi connectivity index (χ3v) is 1.93. The van der Waals surface area contributed by atoms with Crippen molar-refractivity contribution in [3.05, 3.63) is 24.0 Å². The molecule has 3 heteroatoms. The van der Waals surface area contributed by atoms with Gasteiger partial charge in [0, 0.05) is 12.4 Å². The summed E-state index contributed by atoms with van der Waals surface area (Å²) in [5.41, 5.74) is 7.90. The molecule has 72 valence electrons. The molecule has 0 heterocycles. The quantitative estimate of drug-likeness (QED) is 0.638. The van der Waals surface area contributed by atoms with Gasteiger partial charge in [0.1, 0.15) is 5.71 Å². The minimum Gasteiger partial charge on any atom is -0.397 e. The SMILES string of the molecule is C=CN=C(C=N)/C(N)=C(\C)C(C)C. The second-order valence-electron chi connectivity index (χ2n) is 3.09. The van der Waals surface area contributed by atoms with Crippen molar-refractivity contribution in [2.24, 2.45) is 16.6 Å². The monoisotopic (exact) mass is 179 g/mol. The van der Waals surface area contributed by atoms with Crippen molar-refractivity contribution in [2.75, 3.05) is 0 Å². The fourth-order valence-corrected chi connectivity index (χ4v) is 0.796. The fraction of sp³-hybridized carbons (Fsp3) is 0.400. The van der Waals surface area contributed by atoms with E-state index in [2.05, 4.69) is 25.4 Å². The van der Waals surface area contributed by atoms with Crippen molar-refractivity contribution in [1.29, 1.82) is 5.41 Å². The van der Waals surface area contributed by atoms with Gasteiger partial charge in [-0.15, -0.1) is 0 Å². The molecule has 0 spiro atoms. The molecule has 0 unspecified atom stereocenters. The first-order valence-corrected chi connectivity index (χ1v) is 4.20. The van der Waals surface area contributed by atoms with Gasteiger partial charge in [0.2, 0.25) is 0 Å². The Kier molecular flexibility index (Phi) is 4.74. The summed E-state index contributed by atoms with van der Waals surface area (Å²) >= 11 is 0. The van der Waals surface area contributed by atoms with Crippen molar-refractivity contribution in [3.63, 3.8) is 0 Å². The second kappa shape index (κ2) is 5.30. The van der Waals surface area contributed by atoms with Crippen molar-refractivity contribution < 1.29 is 0 Å². The summed E-state index contributed by atoms with van der Waals surface area (Å²) in [6, 6.07) is 0. The number of nitrogens with one attached hydrogen (secondary N) is 1. The van der Waals surface area contributed by atoms with Gasteiger partial charge in [-0.1, -0.05) is 20.4 Å². The van der Waals surface area contributed by atoms with Crippen LogP contribution in [0, 0.1) is 11.3 Å². The molecular formula is C10H17N3. The zero-order chi connectivity index (χ0) is 10.4. The Morgan fingerprint density at radius 3 is 2.38 bits per heavy atom. The van der Waals surface area contributed by atoms with E-state index in [1.54, 1.807) is 0 Å². The minimum atomic E-state index is 0.370. The molecule has 0 aliphatic rings. The lowest BCUT2D eigenvalue weighted by Crippen LogP contribution is -2.16. The van der Waals surface area contributed by atoms with Crippen LogP contribution in [0.3, 0.4) is 0 Å². The molecule has 0 aliphatic carbocycles. The molecule has 0 fully saturated rings. The summed E-state index contributed by atoms with van der Waals surface area (Å²) in [6.45, 7) is 9.52. The van der Waals surface area contributed by atoms with E-state index in [4.69, 9.17) is 11.1 Å². The summed E-state index contributed by atoms with van der Waals surface area (Å²) in [7, 11) is 0. The van der Waals surface area contributed by atoms with Crippen LogP contribution >= 0.6 is 0 Å². The normalized spacial score (nSPS) is 14.0. The molecule has 0 atom stereocenters. The third-order valence-electron chi connectivity index (χ3n) is 1.93. The summed E-state index contributed by atoms with van der Waals surface area (Å²) in [5, 5.41) is 7.11. The van der Waals surface area contributed by atoms with Gasteiger partial charge < -0.3 is 11.1 Å². The lowest BCUT2D eigenvalue weighted by Gasteiger charge is -2.09. The van der Waals surface area contributed by atoms with Crippen molar-refractivity contribution >= 4 is 11.9 Å². The molecule has 0 aromatic rings. The highest BCUT2D eigenvalue weighted by atomic mass is 14.8. The number of allylic oxidation sites excluding steroid dienone is 2. The Balaban J connectivity index is 5.03. The van der Waals surface area contributed by atoms with Crippen LogP contribution in [0.4, 0.5) is 0 Å². The lowest BCUT2D eigenvalue weighted by atomic mass is 10.0. The molecule has 0 aliphatic heterocycles. The molecule has 0 radical (unpaired) electrons. The Morgan fingerprint density at radius 1 is 1.54 bits per heavy atom. The first-order valence-electron chi connectivity index (χ1n) is 4.20. The highest BCUT2D eigenvalue weighted by Crippen LogP contribution is 2.11. The lowest BCUT2D eigenvalue weighted by molar-refractivity contribution is 0.761. The average Bonchev–Trinajstić information content (AvgIpc) is 2.11. The highest BCUT2D eigenvalue weighted by Gasteiger charge is 2.06. The zero-order valence-electron chi connectivity index (χ0n) is 8.46. The minimum absolute atomic E-state index is 0.370. The van der Waals surface area contributed by atoms with Crippen LogP contribution in [0.5, 0.6) is 0 Å². The van der Waals surface area contributed by atoms with Crippen LogP contribution < -0.4 is 5.73 Å². The van der Waals surface area contributed by atoms with Crippen LogP contribution in [-0.2, 0) is 0 Å². The van der Waals surface area contributed by atoms with E-state index in [0.717, 1.165) is 11.8 Å². The van der Waals surface area contributed by atoms with E-state index in [1.807, 2.05) is 6.92 Å². The maximum Gasteiger partial charge on any atom is 0.103 e. The first kappa shape index (κ1) is 11.6. The standard InChI is InChI=1S/C10H17N3/c1-5-13-9(6-11)10(12)8(4)7(2)3/h5-7,11H,1,12H2,2-4H3/b10-8-,11-6?,13-9?. The maximum absolute atomic E-state index is 7.11. The highest BCUT2D eigenvalue weighted by molar-refractivity contribution is 6.37. The van der Waals surface area contributed by atoms with E-state index in [1.165, 1.54) is 6.20 Å². The van der Waals surface area contributed by atoms with Gasteiger partial charge in [0.05, 0.1) is 5.70 Å². The van der Waals surface area contributed by atoms with E-state index in [0.29, 0.717) is 17.3 Å². The third kappa shape index (κ3) is 3.23. The topological polar surface area (TPSA) is 62.2 Å². The predicted octanol–water partition coefficient (Wildman–Crippen LogP) is 2.11. The molecule has 13 heavy (non-hydrogen) atoms. The first-order chi connectivity index (χ1) is 6.04. The van der Waals surface area contributed by atoms with Crippen molar-refractivity contribution in [1.82, 2.24) is 0 Å². The number of rotatable bonds is 4. The van der Waals surface area contributed by atoms with E-state index in [9.17, 15) is 0 Å². The van der Waals surface area contributed by atoms with Gasteiger partial charge in [-0.25, -0.2) is 0 Å². The van der Waals surface area contributed by atoms with Gasteiger partial charge in [-0.2, -0.15) is 0 Å². The Morgan fingerprint density at radius 2 is 2.08 bits per heavy atom. The van der Waals surface area contributed by atoms with Gasteiger partial charge in [0.15, 0.2) is 0 Å². The van der Waals surface area contributed by atoms with Gasteiger partial charge in [-0.05, 0) is 18.4 Å². The zero-order valence-corrected chi connectivity index (χ0v) is 8.46. The number of aliphatic imine (C=N–C) groups is 1. The summed E-state index contributed by atoms with van der Waals surface area (Å²) in [4.78, 5) is 3.90. The summed E-state index contributed by atoms with van der Waals surface area (Å²) in [5.74, 6) is 0.370. The smallest absolute Gasteiger partial charge is 0.103 e. The maximum atomic E-state index is 7.11. The Labute approximate surface area is 79.6 Å². The molecule has 0 rings (SSSR count). The summed E-state index contributed by atoms with van der Waals surface area (Å²) < 4.78 is 0. The van der Waals surface area contributed by atoms with Crippen LogP contribution in [0.15, 0.2) is 29.0 Å². The molecule has 0 bridgehead atoms. The molecule has 0 saturated carbocycles. The van der Waals surface area contributed by atoms with Gasteiger partial charge in [0.25, 0.3) is 0 Å². The van der Waals surface area contributed by atoms with E-state index in [-0.39, 0.29) is 0 Å². The van der Waals surface area contributed by atoms with E-state index >= 15 is 0 Å². The Bertz CT molecular complexity index is 259. The van der Waals surface area contributed by atoms with Crippen LogP contribution in [0.1, 0.15) is 20.8 Å². The van der Waals surface area contributed by atoms with Crippen LogP contribution in [0.2, 0.25) is 0 Å². The number of nitrogens with two attached hydrogens (primary N) is 1. The number of hydrogen-bond acceptors (Lipinski definition) is 3.